The number of nitrogens with one attached hydrogen (secondary N) is 2. The molecule has 0 aliphatic rings. The molecule has 2 N–H and O–H groups in total. The molecule has 0 aliphatic carbocycles. The Morgan fingerprint density at radius 3 is 2.21 bits per heavy atom. The van der Waals surface area contributed by atoms with Gasteiger partial charge < -0.3 is 0 Å². The summed E-state index contributed by atoms with van der Waals surface area (Å²) in [6.07, 6.45) is 4.13. The van der Waals surface area contributed by atoms with E-state index < -0.39 is 25.6 Å². The van der Waals surface area contributed by atoms with Gasteiger partial charge in [-0.05, 0) is 42.5 Å². The highest BCUT2D eigenvalue weighted by Crippen LogP contribution is 2.28. The van der Waals surface area contributed by atoms with Crippen LogP contribution in [0.5, 0.6) is 0 Å². The number of nitrogens with zero attached hydrogens (tertiary/aromatic N) is 3. The molecule has 3 aromatic rings. The molecule has 33 heavy (non-hydrogen) atoms. The fourth-order valence-electron chi connectivity index (χ4n) is 2.74. The summed E-state index contributed by atoms with van der Waals surface area (Å²) in [5, 5.41) is 26.3. The summed E-state index contributed by atoms with van der Waals surface area (Å²) < 4.78 is 27.5. The van der Waals surface area contributed by atoms with Crippen LogP contribution in [0.2, 0.25) is 0 Å². The fraction of sp³-hybridized carbons (Fsp3) is 0. The third-order valence-corrected chi connectivity index (χ3v) is 5.64. The molecule has 0 radical (unpaired) electrons. The lowest BCUT2D eigenvalue weighted by Crippen LogP contribution is -2.13. The molecule has 3 rings (SSSR count). The number of nitro groups is 2. The van der Waals surface area contributed by atoms with Crippen LogP contribution in [-0.2, 0) is 10.0 Å². The Labute approximate surface area is 188 Å². The molecule has 11 nitrogen and oxygen atoms in total. The highest BCUT2D eigenvalue weighted by atomic mass is 32.2. The molecular weight excluding hydrogens is 450 g/mol. The van der Waals surface area contributed by atoms with Crippen LogP contribution in [0.1, 0.15) is 5.56 Å². The number of nitro benzene ring substituents is 2. The van der Waals surface area contributed by atoms with E-state index in [0.717, 1.165) is 6.07 Å². The van der Waals surface area contributed by atoms with Gasteiger partial charge in [-0.1, -0.05) is 30.3 Å². The molecule has 0 aromatic heterocycles. The Hall–Kier alpha value is -4.58. The quantitative estimate of drug-likeness (QED) is 0.268. The van der Waals surface area contributed by atoms with Crippen molar-refractivity contribution >= 4 is 45.1 Å². The minimum absolute atomic E-state index is 0.0333. The van der Waals surface area contributed by atoms with E-state index in [-0.39, 0.29) is 16.3 Å². The smallest absolute Gasteiger partial charge is 0.280 e. The van der Waals surface area contributed by atoms with E-state index in [2.05, 4.69) is 15.2 Å². The lowest BCUT2D eigenvalue weighted by molar-refractivity contribution is -0.385. The molecule has 0 saturated heterocycles. The Morgan fingerprint density at radius 1 is 0.848 bits per heavy atom. The SMILES string of the molecule is O=[N+]([O-])c1ccccc1/C=C/C=N\Nc1ccc(S(=O)(=O)Nc2ccccc2)cc1[N+](=O)[O-]. The van der Waals surface area contributed by atoms with E-state index in [1.54, 1.807) is 48.5 Å². The maximum atomic E-state index is 12.6. The van der Waals surface area contributed by atoms with Crippen LogP contribution in [0.3, 0.4) is 0 Å². The molecule has 0 fully saturated rings. The second-order valence-electron chi connectivity index (χ2n) is 6.47. The van der Waals surface area contributed by atoms with E-state index in [4.69, 9.17) is 0 Å². The number of allylic oxidation sites excluding steroid dienone is 1. The second kappa shape index (κ2) is 10.2. The summed E-state index contributed by atoms with van der Waals surface area (Å²) >= 11 is 0. The third-order valence-electron chi connectivity index (χ3n) is 4.26. The van der Waals surface area contributed by atoms with Crippen molar-refractivity contribution in [3.8, 4) is 0 Å². The molecule has 3 aromatic carbocycles. The van der Waals surface area contributed by atoms with Crippen molar-refractivity contribution in [2.45, 2.75) is 4.90 Å². The molecule has 0 bridgehead atoms. The van der Waals surface area contributed by atoms with Gasteiger partial charge in [0.05, 0.1) is 20.3 Å². The number of hydrogen-bond acceptors (Lipinski definition) is 8. The first-order valence-corrected chi connectivity index (χ1v) is 10.8. The number of benzene rings is 3. The molecule has 0 unspecified atom stereocenters. The van der Waals surface area contributed by atoms with Gasteiger partial charge in [-0.15, -0.1) is 0 Å². The van der Waals surface area contributed by atoms with Gasteiger partial charge in [-0.3, -0.25) is 30.4 Å². The van der Waals surface area contributed by atoms with Crippen molar-refractivity contribution in [2.75, 3.05) is 10.1 Å². The maximum absolute atomic E-state index is 12.6. The molecule has 168 valence electrons. The van der Waals surface area contributed by atoms with Gasteiger partial charge >= 0.3 is 0 Å². The molecule has 0 heterocycles. The average molecular weight is 467 g/mol. The van der Waals surface area contributed by atoms with Crippen molar-refractivity contribution in [1.82, 2.24) is 0 Å². The number of rotatable bonds is 9. The summed E-state index contributed by atoms with van der Waals surface area (Å²) in [6.45, 7) is 0. The van der Waals surface area contributed by atoms with Crippen molar-refractivity contribution in [3.05, 3.63) is 105 Å². The second-order valence-corrected chi connectivity index (χ2v) is 8.16. The molecule has 0 amide bonds. The summed E-state index contributed by atoms with van der Waals surface area (Å²) in [5.74, 6) is 0. The van der Waals surface area contributed by atoms with Gasteiger partial charge in [0, 0.05) is 24.0 Å². The predicted octanol–water partition coefficient (Wildman–Crippen LogP) is 4.41. The van der Waals surface area contributed by atoms with Gasteiger partial charge in [0.1, 0.15) is 5.69 Å². The summed E-state index contributed by atoms with van der Waals surface area (Å²) in [5.41, 5.74) is 2.55. The monoisotopic (exact) mass is 467 g/mol. The van der Waals surface area contributed by atoms with Crippen LogP contribution in [-0.4, -0.2) is 24.5 Å². The van der Waals surface area contributed by atoms with Crippen molar-refractivity contribution in [3.63, 3.8) is 0 Å². The van der Waals surface area contributed by atoms with Crippen LogP contribution >= 0.6 is 0 Å². The zero-order valence-corrected chi connectivity index (χ0v) is 17.7. The van der Waals surface area contributed by atoms with Gasteiger partial charge in [0.2, 0.25) is 0 Å². The third kappa shape index (κ3) is 5.98. The van der Waals surface area contributed by atoms with Gasteiger partial charge in [0.25, 0.3) is 21.4 Å². The van der Waals surface area contributed by atoms with E-state index in [1.807, 2.05) is 0 Å². The summed E-state index contributed by atoms with van der Waals surface area (Å²) in [7, 11) is -4.04. The first-order valence-electron chi connectivity index (χ1n) is 9.33. The number of hydrogen-bond donors (Lipinski definition) is 2. The summed E-state index contributed by atoms with van der Waals surface area (Å²) in [6, 6.07) is 17.6. The zero-order valence-electron chi connectivity index (χ0n) is 16.9. The van der Waals surface area contributed by atoms with Gasteiger partial charge in [-0.2, -0.15) is 5.10 Å². The maximum Gasteiger partial charge on any atom is 0.295 e. The lowest BCUT2D eigenvalue weighted by atomic mass is 10.2. The first-order chi connectivity index (χ1) is 15.8. The van der Waals surface area contributed by atoms with Crippen molar-refractivity contribution in [1.29, 1.82) is 0 Å². The number of sulfonamides is 1. The van der Waals surface area contributed by atoms with Crippen LogP contribution in [0, 0.1) is 20.2 Å². The Morgan fingerprint density at radius 2 is 1.52 bits per heavy atom. The van der Waals surface area contributed by atoms with Crippen LogP contribution in [0.15, 0.2) is 88.9 Å². The number of hydrazone groups is 1. The normalized spacial score (nSPS) is 11.5. The molecule has 0 atom stereocenters. The molecule has 0 spiro atoms. The fourth-order valence-corrected chi connectivity index (χ4v) is 3.81. The van der Waals surface area contributed by atoms with Gasteiger partial charge in [0.15, 0.2) is 0 Å². The van der Waals surface area contributed by atoms with E-state index in [1.165, 1.54) is 36.6 Å². The Kier molecular flexibility index (Phi) is 7.10. The van der Waals surface area contributed by atoms with E-state index >= 15 is 0 Å². The minimum Gasteiger partial charge on any atom is -0.280 e. The number of para-hydroxylation sites is 2. The largest absolute Gasteiger partial charge is 0.295 e. The topological polar surface area (TPSA) is 157 Å². The molecular formula is C21H17N5O6S. The summed E-state index contributed by atoms with van der Waals surface area (Å²) in [4.78, 5) is 20.9. The van der Waals surface area contributed by atoms with Crippen LogP contribution in [0.25, 0.3) is 6.08 Å². The molecule has 12 heteroatoms. The van der Waals surface area contributed by atoms with Crippen LogP contribution < -0.4 is 10.1 Å². The first kappa shape index (κ1) is 23.1. The minimum atomic E-state index is -4.04. The lowest BCUT2D eigenvalue weighted by Gasteiger charge is -2.09. The molecule has 0 aliphatic heterocycles. The zero-order chi connectivity index (χ0) is 23.8. The van der Waals surface area contributed by atoms with Crippen LogP contribution in [0.4, 0.5) is 22.7 Å². The Bertz CT molecular complexity index is 1340. The highest BCUT2D eigenvalue weighted by molar-refractivity contribution is 7.92. The number of anilines is 2. The van der Waals surface area contributed by atoms with E-state index in [9.17, 15) is 28.6 Å². The average Bonchev–Trinajstić information content (AvgIpc) is 2.79. The highest BCUT2D eigenvalue weighted by Gasteiger charge is 2.21. The van der Waals surface area contributed by atoms with Crippen molar-refractivity contribution in [2.24, 2.45) is 5.10 Å². The molecule has 0 saturated carbocycles. The van der Waals surface area contributed by atoms with Gasteiger partial charge in [-0.25, -0.2) is 8.42 Å². The predicted molar refractivity (Wildman–Crippen MR) is 125 cm³/mol. The Balaban J connectivity index is 1.76. The standard InChI is InChI=1S/C21H17N5O6S/c27-25(28)20-11-5-4-7-16(20)8-6-14-22-23-19-13-12-18(15-21(19)26(29)30)33(31,32)24-17-9-2-1-3-10-17/h1-15,23-24H/b8-6+,22-14-. The van der Waals surface area contributed by atoms with Crippen molar-refractivity contribution < 1.29 is 18.3 Å². The van der Waals surface area contributed by atoms with E-state index in [0.29, 0.717) is 11.3 Å².